The van der Waals surface area contributed by atoms with Gasteiger partial charge in [0.15, 0.2) is 0 Å². The molecule has 0 amide bonds. The minimum atomic E-state index is -4.57. The number of rotatable bonds is 5. The maximum absolute atomic E-state index is 13.2. The number of nitrogens with one attached hydrogen (secondary N) is 1. The summed E-state index contributed by atoms with van der Waals surface area (Å²) in [5.41, 5.74) is 8.98. The van der Waals surface area contributed by atoms with Crippen LogP contribution in [0.5, 0.6) is 0 Å². The Morgan fingerprint density at radius 1 is 1.15 bits per heavy atom. The fourth-order valence-corrected chi connectivity index (χ4v) is 4.02. The van der Waals surface area contributed by atoms with Gasteiger partial charge < -0.3 is 20.9 Å². The van der Waals surface area contributed by atoms with Crippen molar-refractivity contribution >= 4 is 40.6 Å². The van der Waals surface area contributed by atoms with Gasteiger partial charge in [-0.05, 0) is 36.2 Å². The summed E-state index contributed by atoms with van der Waals surface area (Å²) < 4.78 is 39.6. The van der Waals surface area contributed by atoms with Gasteiger partial charge in [0.2, 0.25) is 5.84 Å². The highest BCUT2D eigenvalue weighted by atomic mass is 19.4. The Hall–Kier alpha value is -3.89. The molecule has 1 aromatic carbocycles. The van der Waals surface area contributed by atoms with Crippen LogP contribution in [-0.2, 0) is 6.54 Å². The molecule has 0 atom stereocenters. The first-order chi connectivity index (χ1) is 16.3. The summed E-state index contributed by atoms with van der Waals surface area (Å²) in [7, 11) is 0. The molecule has 1 aliphatic rings. The van der Waals surface area contributed by atoms with Crippen molar-refractivity contribution < 1.29 is 13.2 Å². The number of anilines is 3. The quantitative estimate of drug-likeness (QED) is 0.334. The van der Waals surface area contributed by atoms with Crippen molar-refractivity contribution in [3.8, 4) is 0 Å². The van der Waals surface area contributed by atoms with Gasteiger partial charge in [0, 0.05) is 68.3 Å². The number of hydrogen-bond donors (Lipinski definition) is 2. The SMILES string of the molecule is C=N/N=C(\N1CCN(c2cc(C)c(CNc3cccc4c(N)nccc34)cn2)CC1)C(F)(F)F. The predicted octanol–water partition coefficient (Wildman–Crippen LogP) is 3.83. The van der Waals surface area contributed by atoms with Crippen LogP contribution in [0.1, 0.15) is 11.1 Å². The van der Waals surface area contributed by atoms with Gasteiger partial charge in [0.25, 0.3) is 0 Å². The summed E-state index contributed by atoms with van der Waals surface area (Å²) in [6.07, 6.45) is -1.09. The molecule has 3 heterocycles. The number of fused-ring (bicyclic) bond motifs is 1. The first-order valence-corrected chi connectivity index (χ1v) is 10.7. The molecule has 2 aromatic heterocycles. The molecule has 178 valence electrons. The molecule has 3 N–H and O–H groups in total. The molecular formula is C23H25F3N8. The largest absolute Gasteiger partial charge is 0.451 e. The molecule has 1 saturated heterocycles. The minimum Gasteiger partial charge on any atom is -0.383 e. The number of pyridine rings is 2. The number of halogens is 3. The molecule has 34 heavy (non-hydrogen) atoms. The number of nitrogens with two attached hydrogens (primary N) is 1. The molecule has 1 aliphatic heterocycles. The lowest BCUT2D eigenvalue weighted by atomic mass is 10.1. The first kappa shape index (κ1) is 23.3. The lowest BCUT2D eigenvalue weighted by Crippen LogP contribution is -2.52. The van der Waals surface area contributed by atoms with Crippen molar-refractivity contribution in [3.63, 3.8) is 0 Å². The van der Waals surface area contributed by atoms with E-state index in [-0.39, 0.29) is 13.1 Å². The molecule has 4 rings (SSSR count). The molecule has 1 fully saturated rings. The molecule has 0 bridgehead atoms. The van der Waals surface area contributed by atoms with Crippen LogP contribution in [0.4, 0.5) is 30.5 Å². The van der Waals surface area contributed by atoms with Crippen molar-refractivity contribution in [1.82, 2.24) is 14.9 Å². The Morgan fingerprint density at radius 3 is 2.59 bits per heavy atom. The van der Waals surface area contributed by atoms with E-state index < -0.39 is 12.0 Å². The topological polar surface area (TPSA) is 95.0 Å². The number of alkyl halides is 3. The zero-order valence-corrected chi connectivity index (χ0v) is 18.7. The van der Waals surface area contributed by atoms with Crippen LogP contribution in [0.3, 0.4) is 0 Å². The third-order valence-electron chi connectivity index (χ3n) is 5.83. The molecule has 3 aromatic rings. The number of aromatic nitrogens is 2. The lowest BCUT2D eigenvalue weighted by molar-refractivity contribution is -0.0693. The zero-order valence-electron chi connectivity index (χ0n) is 18.7. The average Bonchev–Trinajstić information content (AvgIpc) is 2.81. The Labute approximate surface area is 195 Å². The highest BCUT2D eigenvalue weighted by Gasteiger charge is 2.41. The Kier molecular flexibility index (Phi) is 6.53. The van der Waals surface area contributed by atoms with Gasteiger partial charge in [-0.15, -0.1) is 5.10 Å². The molecule has 0 radical (unpaired) electrons. The molecule has 0 aliphatic carbocycles. The van der Waals surface area contributed by atoms with E-state index >= 15 is 0 Å². The van der Waals surface area contributed by atoms with Crippen LogP contribution in [0.15, 0.2) is 52.9 Å². The maximum Gasteiger partial charge on any atom is 0.451 e. The third kappa shape index (κ3) is 4.87. The number of hydrogen-bond acceptors (Lipinski definition) is 7. The van der Waals surface area contributed by atoms with Gasteiger partial charge in [0.1, 0.15) is 11.6 Å². The standard InChI is InChI=1S/C23H25F3N8/c1-15-12-20(33-8-10-34(11-9-33)22(32-28-2)23(24,25)26)31-14-16(15)13-30-19-5-3-4-18-17(19)6-7-29-21(18)27/h3-7,12,14,30H,2,8-11,13H2,1H3,(H2,27,29)/b32-22-. The van der Waals surface area contributed by atoms with Crippen LogP contribution in [0, 0.1) is 6.92 Å². The smallest absolute Gasteiger partial charge is 0.383 e. The zero-order chi connectivity index (χ0) is 24.3. The monoisotopic (exact) mass is 470 g/mol. The number of nitrogens with zero attached hydrogens (tertiary/aromatic N) is 6. The Bertz CT molecular complexity index is 1220. The van der Waals surface area contributed by atoms with Crippen molar-refractivity contribution in [1.29, 1.82) is 0 Å². The number of benzene rings is 1. The summed E-state index contributed by atoms with van der Waals surface area (Å²) in [6.45, 7) is 6.71. The van der Waals surface area contributed by atoms with Gasteiger partial charge in [0.05, 0.1) is 0 Å². The highest BCUT2D eigenvalue weighted by Crippen LogP contribution is 2.27. The van der Waals surface area contributed by atoms with E-state index in [1.807, 2.05) is 42.2 Å². The molecule has 0 unspecified atom stereocenters. The van der Waals surface area contributed by atoms with E-state index in [4.69, 9.17) is 5.73 Å². The van der Waals surface area contributed by atoms with Crippen molar-refractivity contribution in [2.75, 3.05) is 42.1 Å². The van der Waals surface area contributed by atoms with Crippen LogP contribution >= 0.6 is 0 Å². The average molecular weight is 471 g/mol. The van der Waals surface area contributed by atoms with Crippen molar-refractivity contribution in [3.05, 3.63) is 53.9 Å². The number of nitrogen functional groups attached to an aromatic ring is 1. The second kappa shape index (κ2) is 9.54. The summed E-state index contributed by atoms with van der Waals surface area (Å²) in [4.78, 5) is 11.8. The van der Waals surface area contributed by atoms with Crippen molar-refractivity contribution in [2.45, 2.75) is 19.6 Å². The van der Waals surface area contributed by atoms with E-state index in [0.29, 0.717) is 25.5 Å². The van der Waals surface area contributed by atoms with Crippen LogP contribution in [0.25, 0.3) is 10.8 Å². The summed E-state index contributed by atoms with van der Waals surface area (Å²) in [5.74, 6) is 0.203. The van der Waals surface area contributed by atoms with Crippen LogP contribution in [-0.4, -0.2) is 59.8 Å². The molecule has 8 nitrogen and oxygen atoms in total. The van der Waals surface area contributed by atoms with Crippen LogP contribution in [0.2, 0.25) is 0 Å². The summed E-state index contributed by atoms with van der Waals surface area (Å²) in [5, 5.41) is 11.6. The first-order valence-electron chi connectivity index (χ1n) is 10.7. The predicted molar refractivity (Wildman–Crippen MR) is 129 cm³/mol. The fourth-order valence-electron chi connectivity index (χ4n) is 4.02. The second-order valence-corrected chi connectivity index (χ2v) is 7.96. The van der Waals surface area contributed by atoms with Gasteiger partial charge in [-0.3, -0.25) is 0 Å². The molecular weight excluding hydrogens is 445 g/mol. The number of aryl methyl sites for hydroxylation is 1. The normalized spacial score (nSPS) is 15.0. The summed E-state index contributed by atoms with van der Waals surface area (Å²) >= 11 is 0. The molecule has 11 heteroatoms. The van der Waals surface area contributed by atoms with E-state index in [2.05, 4.69) is 32.2 Å². The molecule has 0 saturated carbocycles. The lowest BCUT2D eigenvalue weighted by Gasteiger charge is -2.37. The maximum atomic E-state index is 13.2. The summed E-state index contributed by atoms with van der Waals surface area (Å²) in [6, 6.07) is 9.72. The number of amidine groups is 1. The molecule has 0 spiro atoms. The fraction of sp³-hybridized carbons (Fsp3) is 0.304. The van der Waals surface area contributed by atoms with E-state index in [0.717, 1.165) is 33.4 Å². The van der Waals surface area contributed by atoms with E-state index in [9.17, 15) is 13.2 Å². The van der Waals surface area contributed by atoms with Crippen molar-refractivity contribution in [2.24, 2.45) is 10.2 Å². The van der Waals surface area contributed by atoms with Crippen LogP contribution < -0.4 is 16.0 Å². The van der Waals surface area contributed by atoms with Gasteiger partial charge in [-0.25, -0.2) is 9.97 Å². The second-order valence-electron chi connectivity index (χ2n) is 7.96. The Balaban J connectivity index is 1.42. The Morgan fingerprint density at radius 2 is 1.91 bits per heavy atom. The third-order valence-corrected chi connectivity index (χ3v) is 5.83. The van der Waals surface area contributed by atoms with E-state index in [1.54, 1.807) is 12.4 Å². The van der Waals surface area contributed by atoms with E-state index in [1.165, 1.54) is 4.90 Å². The van der Waals surface area contributed by atoms with Gasteiger partial charge in [-0.1, -0.05) is 12.1 Å². The van der Waals surface area contributed by atoms with Gasteiger partial charge in [-0.2, -0.15) is 18.3 Å². The highest BCUT2D eigenvalue weighted by molar-refractivity contribution is 5.99. The minimum absolute atomic E-state index is 0.164. The number of piperazine rings is 1. The van der Waals surface area contributed by atoms with Gasteiger partial charge >= 0.3 is 6.18 Å².